The van der Waals surface area contributed by atoms with Gasteiger partial charge in [-0.2, -0.15) is 0 Å². The third kappa shape index (κ3) is 3.40. The molecule has 1 amide bonds. The third-order valence-electron chi connectivity index (χ3n) is 4.19. The van der Waals surface area contributed by atoms with E-state index in [2.05, 4.69) is 10.6 Å². The van der Waals surface area contributed by atoms with E-state index in [1.165, 1.54) is 0 Å². The van der Waals surface area contributed by atoms with Gasteiger partial charge in [-0.15, -0.1) is 0 Å². The Morgan fingerprint density at radius 3 is 2.83 bits per heavy atom. The molecule has 2 aliphatic rings. The van der Waals surface area contributed by atoms with E-state index in [9.17, 15) is 13.6 Å². The fourth-order valence-electron chi connectivity index (χ4n) is 2.96. The summed E-state index contributed by atoms with van der Waals surface area (Å²) in [5.74, 6) is -2.92. The minimum Gasteiger partial charge on any atom is -0.353 e. The molecule has 1 saturated heterocycles. The summed E-state index contributed by atoms with van der Waals surface area (Å²) < 4.78 is 26.5. The Kier molecular flexibility index (Phi) is 4.20. The van der Waals surface area contributed by atoms with Gasteiger partial charge >= 0.3 is 0 Å². The Hall–Kier alpha value is -0.710. The summed E-state index contributed by atoms with van der Waals surface area (Å²) in [6, 6.07) is 0.0723. The number of alkyl halides is 2. The third-order valence-corrected chi connectivity index (χ3v) is 4.19. The zero-order chi connectivity index (χ0) is 13.2. The second-order valence-corrected chi connectivity index (χ2v) is 5.70. The highest BCUT2D eigenvalue weighted by molar-refractivity contribution is 5.79. The standard InChI is InChI=1S/C13H22F2N2O/c1-9(11-4-6-16-8-11)17-12(18)10-3-2-5-13(14,15)7-10/h9-11,16H,2-8H2,1H3,(H,17,18). The minimum atomic E-state index is -2.65. The van der Waals surface area contributed by atoms with Crippen molar-refractivity contribution in [1.29, 1.82) is 0 Å². The monoisotopic (exact) mass is 260 g/mol. The van der Waals surface area contributed by atoms with E-state index in [1.807, 2.05) is 6.92 Å². The molecule has 1 aliphatic carbocycles. The van der Waals surface area contributed by atoms with Crippen LogP contribution in [-0.4, -0.2) is 31.0 Å². The van der Waals surface area contributed by atoms with Gasteiger partial charge in [0.05, 0.1) is 0 Å². The van der Waals surface area contributed by atoms with Crippen molar-refractivity contribution in [1.82, 2.24) is 10.6 Å². The van der Waals surface area contributed by atoms with Crippen LogP contribution in [0.3, 0.4) is 0 Å². The minimum absolute atomic E-state index is 0.0706. The average molecular weight is 260 g/mol. The number of nitrogens with one attached hydrogen (secondary N) is 2. The predicted octanol–water partition coefficient (Wildman–Crippen LogP) is 1.93. The first-order valence-corrected chi connectivity index (χ1v) is 6.87. The van der Waals surface area contributed by atoms with Crippen molar-refractivity contribution in [2.75, 3.05) is 13.1 Å². The summed E-state index contributed by atoms with van der Waals surface area (Å²) in [6.07, 6.45) is 1.73. The number of carbonyl (C=O) groups excluding carboxylic acids is 1. The Morgan fingerprint density at radius 2 is 2.22 bits per heavy atom. The maximum Gasteiger partial charge on any atom is 0.248 e. The molecule has 1 aliphatic heterocycles. The summed E-state index contributed by atoms with van der Waals surface area (Å²) >= 11 is 0. The molecule has 2 N–H and O–H groups in total. The molecule has 18 heavy (non-hydrogen) atoms. The lowest BCUT2D eigenvalue weighted by molar-refractivity contribution is -0.133. The van der Waals surface area contributed by atoms with Crippen LogP contribution in [0.1, 0.15) is 39.0 Å². The second kappa shape index (κ2) is 5.51. The molecule has 3 unspecified atom stereocenters. The van der Waals surface area contributed by atoms with Crippen molar-refractivity contribution in [3.05, 3.63) is 0 Å². The molecule has 1 heterocycles. The summed E-state index contributed by atoms with van der Waals surface area (Å²) in [5, 5.41) is 6.16. The van der Waals surface area contributed by atoms with Gasteiger partial charge in [-0.05, 0) is 45.2 Å². The Morgan fingerprint density at radius 1 is 1.44 bits per heavy atom. The Labute approximate surface area is 107 Å². The molecule has 0 aromatic rings. The number of carbonyl (C=O) groups is 1. The lowest BCUT2D eigenvalue weighted by atomic mass is 9.85. The number of hydrogen-bond acceptors (Lipinski definition) is 2. The maximum atomic E-state index is 13.3. The molecule has 5 heteroatoms. The van der Waals surface area contributed by atoms with Crippen LogP contribution in [0.2, 0.25) is 0 Å². The van der Waals surface area contributed by atoms with Crippen LogP contribution in [0.25, 0.3) is 0 Å². The van der Waals surface area contributed by atoms with Crippen molar-refractivity contribution in [2.45, 2.75) is 51.0 Å². The van der Waals surface area contributed by atoms with Crippen LogP contribution in [0, 0.1) is 11.8 Å². The molecule has 3 nitrogen and oxygen atoms in total. The van der Waals surface area contributed by atoms with E-state index in [4.69, 9.17) is 0 Å². The van der Waals surface area contributed by atoms with Crippen LogP contribution >= 0.6 is 0 Å². The number of amides is 1. The fourth-order valence-corrected chi connectivity index (χ4v) is 2.96. The topological polar surface area (TPSA) is 41.1 Å². The molecule has 0 radical (unpaired) electrons. The molecule has 0 spiro atoms. The highest BCUT2D eigenvalue weighted by Crippen LogP contribution is 2.36. The highest BCUT2D eigenvalue weighted by Gasteiger charge is 2.39. The number of hydrogen-bond donors (Lipinski definition) is 2. The fraction of sp³-hybridized carbons (Fsp3) is 0.923. The molecule has 1 saturated carbocycles. The predicted molar refractivity (Wildman–Crippen MR) is 65.5 cm³/mol. The lowest BCUT2D eigenvalue weighted by Crippen LogP contribution is -2.44. The molecule has 104 valence electrons. The molecule has 3 atom stereocenters. The van der Waals surface area contributed by atoms with Gasteiger partial charge in [0.25, 0.3) is 0 Å². The average Bonchev–Trinajstić information content (AvgIpc) is 2.80. The Bertz CT molecular complexity index is 303. The van der Waals surface area contributed by atoms with E-state index in [-0.39, 0.29) is 24.8 Å². The van der Waals surface area contributed by atoms with Crippen LogP contribution < -0.4 is 10.6 Å². The molecular weight excluding hydrogens is 238 g/mol. The van der Waals surface area contributed by atoms with Gasteiger partial charge < -0.3 is 10.6 Å². The first-order chi connectivity index (χ1) is 8.48. The molecule has 2 rings (SSSR count). The van der Waals surface area contributed by atoms with Crippen LogP contribution in [0.4, 0.5) is 8.78 Å². The van der Waals surface area contributed by atoms with E-state index in [1.54, 1.807) is 0 Å². The van der Waals surface area contributed by atoms with E-state index in [0.717, 1.165) is 19.5 Å². The van der Waals surface area contributed by atoms with Gasteiger partial charge in [-0.25, -0.2) is 8.78 Å². The zero-order valence-electron chi connectivity index (χ0n) is 10.8. The summed E-state index contributed by atoms with van der Waals surface area (Å²) in [7, 11) is 0. The van der Waals surface area contributed by atoms with Gasteiger partial charge in [0.1, 0.15) is 0 Å². The molecule has 0 bridgehead atoms. The van der Waals surface area contributed by atoms with Gasteiger partial charge in [-0.1, -0.05) is 0 Å². The Balaban J connectivity index is 1.83. The molecular formula is C13H22F2N2O. The summed E-state index contributed by atoms with van der Waals surface area (Å²) in [5.41, 5.74) is 0. The molecule has 2 fully saturated rings. The quantitative estimate of drug-likeness (QED) is 0.814. The van der Waals surface area contributed by atoms with E-state index in [0.29, 0.717) is 18.8 Å². The van der Waals surface area contributed by atoms with Crippen molar-refractivity contribution in [2.24, 2.45) is 11.8 Å². The van der Waals surface area contributed by atoms with Crippen molar-refractivity contribution in [3.8, 4) is 0 Å². The van der Waals surface area contributed by atoms with Crippen LogP contribution in [-0.2, 0) is 4.79 Å². The largest absolute Gasteiger partial charge is 0.353 e. The summed E-state index contributed by atoms with van der Waals surface area (Å²) in [4.78, 5) is 12.0. The van der Waals surface area contributed by atoms with E-state index < -0.39 is 11.8 Å². The van der Waals surface area contributed by atoms with Gasteiger partial charge in [0.2, 0.25) is 11.8 Å². The zero-order valence-corrected chi connectivity index (χ0v) is 10.8. The van der Waals surface area contributed by atoms with Crippen LogP contribution in [0.15, 0.2) is 0 Å². The first kappa shape index (κ1) is 13.7. The number of rotatable bonds is 3. The number of halogens is 2. The highest BCUT2D eigenvalue weighted by atomic mass is 19.3. The van der Waals surface area contributed by atoms with Gasteiger partial charge in [0.15, 0.2) is 0 Å². The van der Waals surface area contributed by atoms with E-state index >= 15 is 0 Å². The maximum absolute atomic E-state index is 13.3. The van der Waals surface area contributed by atoms with Gasteiger partial charge in [-0.3, -0.25) is 4.79 Å². The van der Waals surface area contributed by atoms with Crippen molar-refractivity contribution < 1.29 is 13.6 Å². The van der Waals surface area contributed by atoms with Crippen molar-refractivity contribution in [3.63, 3.8) is 0 Å². The molecule has 0 aromatic carbocycles. The SMILES string of the molecule is CC(NC(=O)C1CCCC(F)(F)C1)C1CCNC1. The molecule has 0 aromatic heterocycles. The van der Waals surface area contributed by atoms with Crippen molar-refractivity contribution >= 4 is 5.91 Å². The second-order valence-electron chi connectivity index (χ2n) is 5.70. The first-order valence-electron chi connectivity index (χ1n) is 6.87. The normalized spacial score (nSPS) is 33.1. The van der Waals surface area contributed by atoms with Crippen LogP contribution in [0.5, 0.6) is 0 Å². The lowest BCUT2D eigenvalue weighted by Gasteiger charge is -2.30. The smallest absolute Gasteiger partial charge is 0.248 e. The van der Waals surface area contributed by atoms with Gasteiger partial charge in [0, 0.05) is 24.8 Å². The summed E-state index contributed by atoms with van der Waals surface area (Å²) in [6.45, 7) is 3.85.